The molecule has 2 unspecified atom stereocenters. The topological polar surface area (TPSA) is 49.3 Å². The third kappa shape index (κ3) is 3.42. The van der Waals surface area contributed by atoms with Crippen molar-refractivity contribution >= 4 is 40.9 Å². The Bertz CT molecular complexity index is 512. The van der Waals surface area contributed by atoms with Gasteiger partial charge in [-0.15, -0.1) is 11.8 Å². The molecule has 1 aromatic rings. The Hall–Kier alpha value is -0.420. The molecule has 110 valence electrons. The van der Waals surface area contributed by atoms with Crippen molar-refractivity contribution < 1.29 is 9.90 Å². The quantitative estimate of drug-likeness (QED) is 0.871. The molecule has 1 aliphatic carbocycles. The number of halogens is 2. The van der Waals surface area contributed by atoms with Gasteiger partial charge in [0.05, 0.1) is 10.0 Å². The Kier molecular flexibility index (Phi) is 5.24. The molecule has 0 radical (unpaired) electrons. The van der Waals surface area contributed by atoms with E-state index in [1.54, 1.807) is 24.9 Å². The minimum Gasteiger partial charge on any atom is -0.480 e. The first-order chi connectivity index (χ1) is 9.47. The summed E-state index contributed by atoms with van der Waals surface area (Å²) in [7, 11) is 1.72. The predicted molar refractivity (Wildman–Crippen MR) is 84.0 cm³/mol. The van der Waals surface area contributed by atoms with E-state index in [4.69, 9.17) is 23.2 Å². The average Bonchev–Trinajstić information content (AvgIpc) is 2.43. The van der Waals surface area contributed by atoms with Gasteiger partial charge in [-0.25, -0.2) is 0 Å². The van der Waals surface area contributed by atoms with Gasteiger partial charge in [0.15, 0.2) is 0 Å². The van der Waals surface area contributed by atoms with Crippen molar-refractivity contribution in [2.24, 2.45) is 0 Å². The molecule has 0 bridgehead atoms. The molecule has 2 N–H and O–H groups in total. The van der Waals surface area contributed by atoms with Gasteiger partial charge in [-0.05, 0) is 50.9 Å². The van der Waals surface area contributed by atoms with Gasteiger partial charge in [0.25, 0.3) is 0 Å². The van der Waals surface area contributed by atoms with E-state index in [2.05, 4.69) is 5.32 Å². The second-order valence-corrected chi connectivity index (χ2v) is 7.24. The molecule has 0 saturated heterocycles. The van der Waals surface area contributed by atoms with Crippen molar-refractivity contribution in [3.05, 3.63) is 28.2 Å². The zero-order valence-corrected chi connectivity index (χ0v) is 13.5. The maximum absolute atomic E-state index is 11.5. The molecule has 1 fully saturated rings. The summed E-state index contributed by atoms with van der Waals surface area (Å²) < 4.78 is 0. The Morgan fingerprint density at radius 3 is 2.80 bits per heavy atom. The van der Waals surface area contributed by atoms with E-state index >= 15 is 0 Å². The summed E-state index contributed by atoms with van der Waals surface area (Å²) in [6.45, 7) is 0. The largest absolute Gasteiger partial charge is 0.480 e. The summed E-state index contributed by atoms with van der Waals surface area (Å²) in [6, 6.07) is 5.54. The van der Waals surface area contributed by atoms with Crippen molar-refractivity contribution in [1.29, 1.82) is 0 Å². The van der Waals surface area contributed by atoms with Crippen LogP contribution < -0.4 is 5.32 Å². The highest BCUT2D eigenvalue weighted by molar-refractivity contribution is 8.00. The van der Waals surface area contributed by atoms with E-state index in [0.717, 1.165) is 17.7 Å². The molecule has 20 heavy (non-hydrogen) atoms. The second kappa shape index (κ2) is 6.56. The third-order valence-corrected chi connectivity index (χ3v) is 5.79. The monoisotopic (exact) mass is 333 g/mol. The van der Waals surface area contributed by atoms with Gasteiger partial charge in [-0.3, -0.25) is 4.79 Å². The van der Waals surface area contributed by atoms with Crippen LogP contribution in [-0.4, -0.2) is 28.9 Å². The summed E-state index contributed by atoms with van der Waals surface area (Å²) in [5.74, 6) is -0.764. The Balaban J connectivity index is 2.09. The summed E-state index contributed by atoms with van der Waals surface area (Å²) in [5, 5.41) is 13.8. The highest BCUT2D eigenvalue weighted by atomic mass is 35.5. The van der Waals surface area contributed by atoms with Crippen LogP contribution in [0.25, 0.3) is 0 Å². The third-order valence-electron chi connectivity index (χ3n) is 3.79. The van der Waals surface area contributed by atoms with Crippen LogP contribution in [0, 0.1) is 0 Å². The van der Waals surface area contributed by atoms with Crippen LogP contribution in [0.1, 0.15) is 25.7 Å². The molecule has 0 aliphatic heterocycles. The zero-order valence-electron chi connectivity index (χ0n) is 11.2. The van der Waals surface area contributed by atoms with Crippen LogP contribution in [0.2, 0.25) is 10.0 Å². The normalized spacial score (nSPS) is 26.4. The van der Waals surface area contributed by atoms with Gasteiger partial charge in [0.1, 0.15) is 5.54 Å². The first-order valence-corrected chi connectivity index (χ1v) is 8.14. The van der Waals surface area contributed by atoms with E-state index in [9.17, 15) is 9.90 Å². The summed E-state index contributed by atoms with van der Waals surface area (Å²) in [6.07, 6.45) is 3.22. The second-order valence-electron chi connectivity index (χ2n) is 5.05. The number of aliphatic carboxylic acids is 1. The highest BCUT2D eigenvalue weighted by Crippen LogP contribution is 2.39. The molecule has 2 atom stereocenters. The minimum absolute atomic E-state index is 0.268. The summed E-state index contributed by atoms with van der Waals surface area (Å²) in [5.41, 5.74) is -0.799. The summed E-state index contributed by atoms with van der Waals surface area (Å²) in [4.78, 5) is 12.5. The molecule has 1 aliphatic rings. The van der Waals surface area contributed by atoms with Crippen LogP contribution in [0.3, 0.4) is 0 Å². The van der Waals surface area contributed by atoms with Crippen molar-refractivity contribution in [2.75, 3.05) is 7.05 Å². The first-order valence-electron chi connectivity index (χ1n) is 6.51. The Labute approximate surface area is 133 Å². The molecule has 1 saturated carbocycles. The molecular weight excluding hydrogens is 317 g/mol. The first kappa shape index (κ1) is 16.0. The van der Waals surface area contributed by atoms with E-state index in [1.165, 1.54) is 0 Å². The zero-order chi connectivity index (χ0) is 14.8. The molecule has 0 heterocycles. The summed E-state index contributed by atoms with van der Waals surface area (Å²) >= 11 is 13.6. The van der Waals surface area contributed by atoms with Gasteiger partial charge < -0.3 is 10.4 Å². The number of nitrogens with one attached hydrogen (secondary N) is 1. The van der Waals surface area contributed by atoms with Crippen LogP contribution in [0.4, 0.5) is 0 Å². The number of carboxylic acid groups (broad SMARTS) is 1. The van der Waals surface area contributed by atoms with Gasteiger partial charge in [0, 0.05) is 10.1 Å². The lowest BCUT2D eigenvalue weighted by atomic mass is 9.81. The number of likely N-dealkylation sites (N-methyl/N-ethyl adjacent to an activating group) is 1. The maximum atomic E-state index is 11.5. The molecule has 6 heteroatoms. The van der Waals surface area contributed by atoms with E-state index in [1.807, 2.05) is 12.1 Å². The lowest BCUT2D eigenvalue weighted by Crippen LogP contribution is -2.53. The van der Waals surface area contributed by atoms with Crippen molar-refractivity contribution in [2.45, 2.75) is 41.4 Å². The van der Waals surface area contributed by atoms with Gasteiger partial charge in [-0.1, -0.05) is 23.2 Å². The number of carbonyl (C=O) groups is 1. The number of hydrogen-bond acceptors (Lipinski definition) is 3. The van der Waals surface area contributed by atoms with Crippen molar-refractivity contribution in [3.8, 4) is 0 Å². The van der Waals surface area contributed by atoms with Gasteiger partial charge in [-0.2, -0.15) is 0 Å². The lowest BCUT2D eigenvalue weighted by Gasteiger charge is -2.37. The fourth-order valence-electron chi connectivity index (χ4n) is 2.60. The van der Waals surface area contributed by atoms with E-state index in [-0.39, 0.29) is 5.25 Å². The van der Waals surface area contributed by atoms with Crippen LogP contribution in [-0.2, 0) is 4.79 Å². The molecule has 0 spiro atoms. The average molecular weight is 334 g/mol. The fourth-order valence-corrected chi connectivity index (χ4v) is 4.33. The number of carboxylic acids is 1. The van der Waals surface area contributed by atoms with Crippen molar-refractivity contribution in [1.82, 2.24) is 5.32 Å². The molecule has 2 rings (SSSR count). The van der Waals surface area contributed by atoms with Crippen LogP contribution in [0.5, 0.6) is 0 Å². The van der Waals surface area contributed by atoms with Gasteiger partial charge >= 0.3 is 5.97 Å². The molecule has 0 aromatic heterocycles. The molecular formula is C14H17Cl2NO2S. The molecule has 3 nitrogen and oxygen atoms in total. The number of benzene rings is 1. The Morgan fingerprint density at radius 1 is 1.45 bits per heavy atom. The number of thioether (sulfide) groups is 1. The number of rotatable bonds is 4. The standard InChI is InChI=1S/C14H17Cl2NO2S/c1-17-14(13(18)19)6-2-3-10(8-14)20-9-4-5-11(15)12(16)7-9/h4-5,7,10,17H,2-3,6,8H2,1H3,(H,18,19). The smallest absolute Gasteiger partial charge is 0.323 e. The minimum atomic E-state index is -0.799. The molecule has 1 aromatic carbocycles. The van der Waals surface area contributed by atoms with Gasteiger partial charge in [0.2, 0.25) is 0 Å². The van der Waals surface area contributed by atoms with Crippen LogP contribution in [0.15, 0.2) is 23.1 Å². The fraction of sp³-hybridized carbons (Fsp3) is 0.500. The Morgan fingerprint density at radius 2 is 2.20 bits per heavy atom. The van der Waals surface area contributed by atoms with E-state index < -0.39 is 11.5 Å². The van der Waals surface area contributed by atoms with Crippen molar-refractivity contribution in [3.63, 3.8) is 0 Å². The maximum Gasteiger partial charge on any atom is 0.323 e. The van der Waals surface area contributed by atoms with E-state index in [0.29, 0.717) is 22.9 Å². The lowest BCUT2D eigenvalue weighted by molar-refractivity contribution is -0.146. The number of hydrogen-bond donors (Lipinski definition) is 2. The highest BCUT2D eigenvalue weighted by Gasteiger charge is 2.41. The SMILES string of the molecule is CNC1(C(=O)O)CCCC(Sc2ccc(Cl)c(Cl)c2)C1. The molecule has 0 amide bonds. The van der Waals surface area contributed by atoms with Crippen LogP contribution >= 0.6 is 35.0 Å². The predicted octanol–water partition coefficient (Wildman–Crippen LogP) is 4.07.